The van der Waals surface area contributed by atoms with Gasteiger partial charge in [0, 0.05) is 29.7 Å². The van der Waals surface area contributed by atoms with Crippen molar-refractivity contribution in [3.63, 3.8) is 0 Å². The number of aromatic nitrogens is 1. The van der Waals surface area contributed by atoms with Crippen molar-refractivity contribution >= 4 is 16.9 Å². The average molecular weight is 366 g/mol. The number of H-pyrrole nitrogens is 1. The van der Waals surface area contributed by atoms with E-state index in [1.807, 2.05) is 6.07 Å². The Hall–Kier alpha value is -2.27. The molecule has 0 radical (unpaired) electrons. The van der Waals surface area contributed by atoms with Crippen LogP contribution >= 0.6 is 0 Å². The summed E-state index contributed by atoms with van der Waals surface area (Å²) >= 11 is 0. The highest BCUT2D eigenvalue weighted by Gasteiger charge is 2.60. The van der Waals surface area contributed by atoms with E-state index in [0.717, 1.165) is 49.3 Å². The number of hydrogen-bond acceptors (Lipinski definition) is 4. The number of benzene rings is 1. The number of piperidine rings is 1. The van der Waals surface area contributed by atoms with Gasteiger partial charge in [-0.15, -0.1) is 0 Å². The molecule has 2 aromatic rings. The lowest BCUT2D eigenvalue weighted by Crippen LogP contribution is -2.63. The van der Waals surface area contributed by atoms with Gasteiger partial charge in [-0.05, 0) is 48.9 Å². The number of methoxy groups -OCH3 is 2. The summed E-state index contributed by atoms with van der Waals surface area (Å²) in [5.41, 5.74) is 4.12. The topological polar surface area (TPSA) is 54.6 Å². The van der Waals surface area contributed by atoms with Crippen LogP contribution in [0.25, 0.3) is 10.9 Å². The molecule has 4 bridgehead atoms. The largest absolute Gasteiger partial charge is 0.497 e. The lowest BCUT2D eigenvalue weighted by Gasteiger charge is -2.53. The van der Waals surface area contributed by atoms with Crippen LogP contribution in [0.3, 0.4) is 0 Å². The Kier molecular flexibility index (Phi) is 3.66. The third kappa shape index (κ3) is 2.12. The summed E-state index contributed by atoms with van der Waals surface area (Å²) in [6.45, 7) is 4.20. The van der Waals surface area contributed by atoms with Crippen LogP contribution in [0.5, 0.6) is 5.75 Å². The highest BCUT2D eigenvalue weighted by Crippen LogP contribution is 2.53. The van der Waals surface area contributed by atoms with E-state index in [9.17, 15) is 4.79 Å². The third-order valence-corrected chi connectivity index (χ3v) is 6.85. The van der Waals surface area contributed by atoms with Crippen LogP contribution in [0, 0.1) is 5.92 Å². The second-order valence-corrected chi connectivity index (χ2v) is 8.06. The number of nitrogens with zero attached hydrogens (tertiary/aromatic N) is 1. The Morgan fingerprint density at radius 1 is 1.37 bits per heavy atom. The van der Waals surface area contributed by atoms with Gasteiger partial charge in [-0.3, -0.25) is 9.69 Å². The Morgan fingerprint density at radius 3 is 2.96 bits per heavy atom. The number of fused-ring (bicyclic) bond motifs is 3. The van der Waals surface area contributed by atoms with Crippen LogP contribution in [-0.2, 0) is 21.4 Å². The third-order valence-electron chi connectivity index (χ3n) is 6.85. The molecule has 4 aliphatic rings. The van der Waals surface area contributed by atoms with Gasteiger partial charge in [0.05, 0.1) is 20.3 Å². The molecule has 1 N–H and O–H groups in total. The summed E-state index contributed by atoms with van der Waals surface area (Å²) in [5, 5.41) is 1.17. The molecule has 1 saturated heterocycles. The number of carbonyl (C=O) groups is 1. The van der Waals surface area contributed by atoms with Crippen LogP contribution < -0.4 is 4.74 Å². The Morgan fingerprint density at radius 2 is 2.22 bits per heavy atom. The van der Waals surface area contributed by atoms with Crippen molar-refractivity contribution in [2.45, 2.75) is 37.6 Å². The van der Waals surface area contributed by atoms with Crippen molar-refractivity contribution in [1.82, 2.24) is 9.88 Å². The molecule has 4 atom stereocenters. The molecule has 5 nitrogen and oxygen atoms in total. The maximum Gasteiger partial charge on any atom is 0.319 e. The summed E-state index contributed by atoms with van der Waals surface area (Å²) < 4.78 is 10.9. The molecule has 27 heavy (non-hydrogen) atoms. The van der Waals surface area contributed by atoms with Gasteiger partial charge in [0.1, 0.15) is 11.2 Å². The van der Waals surface area contributed by atoms with Crippen LogP contribution in [0.15, 0.2) is 29.8 Å². The van der Waals surface area contributed by atoms with E-state index in [1.54, 1.807) is 7.11 Å². The number of aromatic amines is 1. The number of hydrogen-bond donors (Lipinski definition) is 1. The molecule has 1 aliphatic carbocycles. The molecule has 3 aliphatic heterocycles. The predicted octanol–water partition coefficient (Wildman–Crippen LogP) is 3.18. The Labute approximate surface area is 159 Å². The van der Waals surface area contributed by atoms with Crippen molar-refractivity contribution in [1.29, 1.82) is 0 Å². The number of esters is 1. The predicted molar refractivity (Wildman–Crippen MR) is 104 cm³/mol. The van der Waals surface area contributed by atoms with Crippen LogP contribution in [0.2, 0.25) is 0 Å². The molecule has 1 fully saturated rings. The molecule has 0 spiro atoms. The van der Waals surface area contributed by atoms with Gasteiger partial charge in [0.15, 0.2) is 0 Å². The number of nitrogens with one attached hydrogen (secondary N) is 1. The van der Waals surface area contributed by atoms with Gasteiger partial charge in [-0.2, -0.15) is 0 Å². The monoisotopic (exact) mass is 366 g/mol. The lowest BCUT2D eigenvalue weighted by molar-refractivity contribution is -0.153. The normalized spacial score (nSPS) is 31.2. The molecular formula is C22H26N2O3. The average Bonchev–Trinajstić information content (AvgIpc) is 3.04. The fraction of sp³-hybridized carbons (Fsp3) is 0.500. The van der Waals surface area contributed by atoms with Crippen molar-refractivity contribution in [2.75, 3.05) is 27.3 Å². The lowest BCUT2D eigenvalue weighted by atomic mass is 9.60. The van der Waals surface area contributed by atoms with Crippen molar-refractivity contribution < 1.29 is 14.3 Å². The molecule has 0 amide bonds. The van der Waals surface area contributed by atoms with Gasteiger partial charge in [-0.1, -0.05) is 18.6 Å². The maximum absolute atomic E-state index is 13.3. The van der Waals surface area contributed by atoms with Crippen molar-refractivity contribution in [3.05, 3.63) is 41.1 Å². The second-order valence-electron chi connectivity index (χ2n) is 8.06. The summed E-state index contributed by atoms with van der Waals surface area (Å²) in [7, 11) is 3.22. The van der Waals surface area contributed by atoms with Gasteiger partial charge in [-0.25, -0.2) is 0 Å². The van der Waals surface area contributed by atoms with E-state index in [-0.39, 0.29) is 12.0 Å². The van der Waals surface area contributed by atoms with Crippen LogP contribution in [0.4, 0.5) is 0 Å². The SMILES string of the molecule is CCC1=CC2CN3CCc4c([nH]c5ccc(OC)cc45)C(C(=O)OC)(C2)C13. The molecule has 142 valence electrons. The molecular weight excluding hydrogens is 340 g/mol. The van der Waals surface area contributed by atoms with E-state index in [4.69, 9.17) is 9.47 Å². The first-order chi connectivity index (χ1) is 13.1. The molecule has 1 aromatic carbocycles. The zero-order valence-electron chi connectivity index (χ0n) is 16.2. The minimum Gasteiger partial charge on any atom is -0.497 e. The van der Waals surface area contributed by atoms with Crippen molar-refractivity contribution in [2.24, 2.45) is 5.92 Å². The fourth-order valence-corrected chi connectivity index (χ4v) is 5.86. The summed E-state index contributed by atoms with van der Waals surface area (Å²) in [4.78, 5) is 19.5. The summed E-state index contributed by atoms with van der Waals surface area (Å²) in [6, 6.07) is 6.22. The number of ether oxygens (including phenoxy) is 2. The smallest absolute Gasteiger partial charge is 0.319 e. The summed E-state index contributed by atoms with van der Waals surface area (Å²) in [6.07, 6.45) is 5.14. The molecule has 6 rings (SSSR count). The van der Waals surface area contributed by atoms with Gasteiger partial charge in [0.25, 0.3) is 0 Å². The molecule has 4 heterocycles. The van der Waals surface area contributed by atoms with E-state index < -0.39 is 5.41 Å². The first kappa shape index (κ1) is 16.9. The van der Waals surface area contributed by atoms with Crippen LogP contribution in [-0.4, -0.2) is 49.2 Å². The quantitative estimate of drug-likeness (QED) is 0.670. The van der Waals surface area contributed by atoms with E-state index in [1.165, 1.54) is 23.6 Å². The van der Waals surface area contributed by atoms with E-state index in [2.05, 4.69) is 35.0 Å². The Balaban J connectivity index is 1.81. The molecule has 4 unspecified atom stereocenters. The standard InChI is InChI=1S/C22H26N2O3/c1-4-14-9-13-11-22(21(25)27-3)19-16(7-8-24(12-13)20(14)22)17-10-15(26-2)5-6-18(17)23-19/h5-6,9-10,13,20,23H,4,7-8,11-12H2,1-3H3. The maximum atomic E-state index is 13.3. The second kappa shape index (κ2) is 5.86. The highest BCUT2D eigenvalue weighted by molar-refractivity contribution is 5.92. The number of rotatable bonds is 3. The zero-order valence-corrected chi connectivity index (χ0v) is 16.2. The van der Waals surface area contributed by atoms with E-state index in [0.29, 0.717) is 5.92 Å². The van der Waals surface area contributed by atoms with E-state index >= 15 is 0 Å². The first-order valence-electron chi connectivity index (χ1n) is 9.84. The highest BCUT2D eigenvalue weighted by atomic mass is 16.5. The molecule has 1 aromatic heterocycles. The van der Waals surface area contributed by atoms with Crippen LogP contribution in [0.1, 0.15) is 31.0 Å². The van der Waals surface area contributed by atoms with Gasteiger partial charge >= 0.3 is 5.97 Å². The summed E-state index contributed by atoms with van der Waals surface area (Å²) in [5.74, 6) is 1.14. The molecule has 0 saturated carbocycles. The Bertz CT molecular complexity index is 960. The minimum atomic E-state index is -0.643. The van der Waals surface area contributed by atoms with Gasteiger partial charge in [0.2, 0.25) is 0 Å². The molecule has 5 heteroatoms. The zero-order chi connectivity index (χ0) is 18.8. The number of carbonyl (C=O) groups excluding carboxylic acids is 1. The van der Waals surface area contributed by atoms with Gasteiger partial charge < -0.3 is 14.5 Å². The van der Waals surface area contributed by atoms with Crippen molar-refractivity contribution in [3.8, 4) is 5.75 Å². The fourth-order valence-electron chi connectivity index (χ4n) is 5.86. The first-order valence-corrected chi connectivity index (χ1v) is 9.84. The minimum absolute atomic E-state index is 0.0937.